The topological polar surface area (TPSA) is 77.8 Å². The number of hydrogen-bond acceptors (Lipinski definition) is 3. The van der Waals surface area contributed by atoms with E-state index in [-0.39, 0.29) is 31.8 Å². The van der Waals surface area contributed by atoms with Crippen molar-refractivity contribution in [2.45, 2.75) is 20.8 Å². The van der Waals surface area contributed by atoms with E-state index in [4.69, 9.17) is 20.1 Å². The van der Waals surface area contributed by atoms with Crippen molar-refractivity contribution >= 4 is 5.97 Å². The normalized spacial score (nSPS) is 5.55. The van der Waals surface area contributed by atoms with Crippen LogP contribution in [0.1, 0.15) is 20.8 Å². The molecule has 0 heterocycles. The van der Waals surface area contributed by atoms with Gasteiger partial charge in [-0.25, -0.2) is 0 Å². The Morgan fingerprint density at radius 2 is 1.18 bits per heavy atom. The van der Waals surface area contributed by atoms with Crippen molar-refractivity contribution in [1.29, 1.82) is 0 Å². The van der Waals surface area contributed by atoms with Crippen LogP contribution in [0.2, 0.25) is 0 Å². The maximum Gasteiger partial charge on any atom is 0.300 e. The van der Waals surface area contributed by atoms with Gasteiger partial charge in [0.25, 0.3) is 5.97 Å². The van der Waals surface area contributed by atoms with E-state index in [9.17, 15) is 0 Å². The van der Waals surface area contributed by atoms with Crippen molar-refractivity contribution in [2.75, 3.05) is 13.2 Å². The van der Waals surface area contributed by atoms with Crippen LogP contribution < -0.4 is 0 Å². The number of carbonyl (C=O) groups is 1. The van der Waals surface area contributed by atoms with Gasteiger partial charge in [-0.15, -0.1) is 0 Å². The average molecular weight is 203 g/mol. The van der Waals surface area contributed by atoms with E-state index in [1.807, 2.05) is 0 Å². The molecule has 0 aromatic rings. The van der Waals surface area contributed by atoms with Gasteiger partial charge in [0.05, 0.1) is 0 Å². The molecule has 0 atom stereocenters. The second kappa shape index (κ2) is 32.5. The monoisotopic (exact) mass is 203 g/mol. The van der Waals surface area contributed by atoms with Crippen LogP contribution in [0.3, 0.4) is 0 Å². The number of aliphatic carboxylic acids is 1. The Balaban J connectivity index is -0.0000000325. The molecular formula is C6H16O4V. The van der Waals surface area contributed by atoms with Crippen LogP contribution in [-0.2, 0) is 23.4 Å². The van der Waals surface area contributed by atoms with Crippen LogP contribution in [0.25, 0.3) is 0 Å². The SMILES string of the molecule is CC(=O)O.CCO.CCO.[V]. The summed E-state index contributed by atoms with van der Waals surface area (Å²) in [5.41, 5.74) is 0. The molecule has 4 nitrogen and oxygen atoms in total. The minimum Gasteiger partial charge on any atom is -0.481 e. The second-order valence-electron chi connectivity index (χ2n) is 1.15. The predicted molar refractivity (Wildman–Crippen MR) is 38.8 cm³/mol. The Morgan fingerprint density at radius 1 is 1.18 bits per heavy atom. The zero-order chi connectivity index (χ0) is 8.99. The van der Waals surface area contributed by atoms with Crippen LogP contribution in [-0.4, -0.2) is 34.5 Å². The molecular weight excluding hydrogens is 187 g/mol. The minimum atomic E-state index is -0.833. The Kier molecular flexibility index (Phi) is 66.2. The molecule has 0 aliphatic rings. The number of rotatable bonds is 0. The van der Waals surface area contributed by atoms with Gasteiger partial charge in [-0.2, -0.15) is 0 Å². The van der Waals surface area contributed by atoms with Crippen LogP contribution in [0, 0.1) is 0 Å². The molecule has 3 N–H and O–H groups in total. The fourth-order valence-electron chi connectivity index (χ4n) is 0. The minimum absolute atomic E-state index is 0. The Hall–Kier alpha value is -0.0256. The molecule has 0 amide bonds. The summed E-state index contributed by atoms with van der Waals surface area (Å²) < 4.78 is 0. The number of hydrogen-bond donors (Lipinski definition) is 3. The molecule has 0 rings (SSSR count). The van der Waals surface area contributed by atoms with Crippen LogP contribution in [0.5, 0.6) is 0 Å². The zero-order valence-electron chi connectivity index (χ0n) is 7.11. The van der Waals surface area contributed by atoms with Gasteiger partial charge in [-0.05, 0) is 13.8 Å². The average Bonchev–Trinajstić information content (AvgIpc) is 1.65. The van der Waals surface area contributed by atoms with Crippen molar-refractivity contribution < 1.29 is 38.7 Å². The van der Waals surface area contributed by atoms with Crippen LogP contribution >= 0.6 is 0 Å². The number of aliphatic hydroxyl groups is 2. The van der Waals surface area contributed by atoms with Crippen molar-refractivity contribution in [2.24, 2.45) is 0 Å². The van der Waals surface area contributed by atoms with Crippen LogP contribution in [0.15, 0.2) is 0 Å². The van der Waals surface area contributed by atoms with Gasteiger partial charge in [0, 0.05) is 38.7 Å². The third-order valence-corrected chi connectivity index (χ3v) is 0. The van der Waals surface area contributed by atoms with E-state index in [0.717, 1.165) is 6.92 Å². The Morgan fingerprint density at radius 3 is 1.18 bits per heavy atom. The molecule has 5 heteroatoms. The Bertz CT molecular complexity index is 52.5. The summed E-state index contributed by atoms with van der Waals surface area (Å²) in [4.78, 5) is 9.00. The summed E-state index contributed by atoms with van der Waals surface area (Å²) in [5, 5.41) is 22.6. The summed E-state index contributed by atoms with van der Waals surface area (Å²) in [7, 11) is 0. The molecule has 0 spiro atoms. The first-order valence-corrected chi connectivity index (χ1v) is 2.97. The molecule has 11 heavy (non-hydrogen) atoms. The summed E-state index contributed by atoms with van der Waals surface area (Å²) in [6.07, 6.45) is 0. The van der Waals surface area contributed by atoms with Gasteiger partial charge >= 0.3 is 0 Å². The first-order chi connectivity index (χ1) is 4.56. The molecule has 69 valence electrons. The fraction of sp³-hybridized carbons (Fsp3) is 0.833. The number of aliphatic hydroxyl groups excluding tert-OH is 2. The van der Waals surface area contributed by atoms with Gasteiger partial charge in [-0.3, -0.25) is 4.79 Å². The Labute approximate surface area is 79.1 Å². The molecule has 0 aliphatic heterocycles. The molecule has 0 aromatic heterocycles. The standard InChI is InChI=1S/C2H4O2.2C2H6O.V/c1-2(3)4;2*1-2-3;/h1H3,(H,3,4);2*3H,2H2,1H3;. The molecule has 0 saturated carbocycles. The second-order valence-corrected chi connectivity index (χ2v) is 1.15. The van der Waals surface area contributed by atoms with Crippen molar-refractivity contribution in [3.63, 3.8) is 0 Å². The third-order valence-electron chi connectivity index (χ3n) is 0. The van der Waals surface area contributed by atoms with E-state index in [1.54, 1.807) is 13.8 Å². The molecule has 1 radical (unpaired) electrons. The quantitative estimate of drug-likeness (QED) is 0.521. The zero-order valence-corrected chi connectivity index (χ0v) is 8.51. The number of carboxylic acids is 1. The van der Waals surface area contributed by atoms with E-state index in [1.165, 1.54) is 0 Å². The largest absolute Gasteiger partial charge is 0.481 e. The predicted octanol–water partition coefficient (Wildman–Crippen LogP) is 0.0856. The van der Waals surface area contributed by atoms with Gasteiger partial charge < -0.3 is 15.3 Å². The first-order valence-electron chi connectivity index (χ1n) is 2.97. The van der Waals surface area contributed by atoms with E-state index in [2.05, 4.69) is 0 Å². The molecule has 0 fully saturated rings. The molecule has 0 bridgehead atoms. The van der Waals surface area contributed by atoms with E-state index in [0.29, 0.717) is 0 Å². The third kappa shape index (κ3) is 969000. The van der Waals surface area contributed by atoms with Crippen LogP contribution in [0.4, 0.5) is 0 Å². The van der Waals surface area contributed by atoms with Gasteiger partial charge in [0.1, 0.15) is 0 Å². The molecule has 0 aromatic carbocycles. The summed E-state index contributed by atoms with van der Waals surface area (Å²) in [6.45, 7) is 4.94. The molecule has 0 unspecified atom stereocenters. The van der Waals surface area contributed by atoms with Crippen molar-refractivity contribution in [1.82, 2.24) is 0 Å². The summed E-state index contributed by atoms with van der Waals surface area (Å²) >= 11 is 0. The van der Waals surface area contributed by atoms with E-state index < -0.39 is 5.97 Å². The van der Waals surface area contributed by atoms with Crippen molar-refractivity contribution in [3.05, 3.63) is 0 Å². The maximum atomic E-state index is 9.00. The fourth-order valence-corrected chi connectivity index (χ4v) is 0. The smallest absolute Gasteiger partial charge is 0.300 e. The van der Waals surface area contributed by atoms with Gasteiger partial charge in [0.2, 0.25) is 0 Å². The van der Waals surface area contributed by atoms with Crippen molar-refractivity contribution in [3.8, 4) is 0 Å². The van der Waals surface area contributed by atoms with E-state index >= 15 is 0 Å². The number of carboxylic acid groups (broad SMARTS) is 1. The van der Waals surface area contributed by atoms with Gasteiger partial charge in [0.15, 0.2) is 0 Å². The molecule has 0 saturated heterocycles. The first kappa shape index (κ1) is 22.4. The molecule has 0 aliphatic carbocycles. The summed E-state index contributed by atoms with van der Waals surface area (Å²) in [5.74, 6) is -0.833. The summed E-state index contributed by atoms with van der Waals surface area (Å²) in [6, 6.07) is 0. The van der Waals surface area contributed by atoms with Gasteiger partial charge in [-0.1, -0.05) is 0 Å². The maximum absolute atomic E-state index is 9.00.